The van der Waals surface area contributed by atoms with Crippen LogP contribution >= 0.6 is 0 Å². The maximum atomic E-state index is 2.39. The van der Waals surface area contributed by atoms with E-state index >= 15 is 0 Å². The van der Waals surface area contributed by atoms with Crippen LogP contribution in [0, 0.1) is 23.7 Å². The highest BCUT2D eigenvalue weighted by molar-refractivity contribution is 4.65. The first-order valence-electron chi connectivity index (χ1n) is 12.5. The Morgan fingerprint density at radius 3 is 0.962 bits per heavy atom. The normalized spacial score (nSPS) is 14.3. The zero-order chi connectivity index (χ0) is 19.6. The van der Waals surface area contributed by atoms with Gasteiger partial charge in [-0.2, -0.15) is 0 Å². The predicted molar refractivity (Wildman–Crippen MR) is 122 cm³/mol. The molecule has 0 aromatic carbocycles. The Balaban J connectivity index is 4.13. The minimum atomic E-state index is 0.877. The Bertz CT molecular complexity index is 237. The molecule has 0 aliphatic rings. The van der Waals surface area contributed by atoms with Crippen molar-refractivity contribution in [1.29, 1.82) is 0 Å². The quantitative estimate of drug-likeness (QED) is 0.199. The Morgan fingerprint density at radius 1 is 0.385 bits per heavy atom. The summed E-state index contributed by atoms with van der Waals surface area (Å²) in [5, 5.41) is 0. The van der Waals surface area contributed by atoms with Gasteiger partial charge < -0.3 is 0 Å². The van der Waals surface area contributed by atoms with Crippen LogP contribution in [0.2, 0.25) is 0 Å². The lowest BCUT2D eigenvalue weighted by molar-refractivity contribution is 0.327. The summed E-state index contributed by atoms with van der Waals surface area (Å²) in [5.74, 6) is 3.78. The van der Waals surface area contributed by atoms with Crippen LogP contribution in [0.1, 0.15) is 144 Å². The average molecular weight is 367 g/mol. The monoisotopic (exact) mass is 366 g/mol. The Morgan fingerprint density at radius 2 is 0.692 bits per heavy atom. The molecule has 0 aromatic heterocycles. The zero-order valence-electron chi connectivity index (χ0n) is 19.6. The van der Waals surface area contributed by atoms with E-state index < -0.39 is 0 Å². The van der Waals surface area contributed by atoms with Crippen LogP contribution < -0.4 is 0 Å². The van der Waals surface area contributed by atoms with E-state index in [-0.39, 0.29) is 0 Å². The van der Waals surface area contributed by atoms with Gasteiger partial charge in [0.25, 0.3) is 0 Å². The van der Waals surface area contributed by atoms with Gasteiger partial charge in [-0.3, -0.25) is 0 Å². The van der Waals surface area contributed by atoms with Gasteiger partial charge in [0, 0.05) is 0 Å². The summed E-state index contributed by atoms with van der Waals surface area (Å²) in [4.78, 5) is 0. The van der Waals surface area contributed by atoms with Gasteiger partial charge in [0.2, 0.25) is 0 Å². The molecule has 2 atom stereocenters. The summed E-state index contributed by atoms with van der Waals surface area (Å²) < 4.78 is 0. The third kappa shape index (κ3) is 17.4. The van der Waals surface area contributed by atoms with Crippen molar-refractivity contribution < 1.29 is 0 Å². The second-order valence-corrected chi connectivity index (χ2v) is 9.95. The van der Waals surface area contributed by atoms with Crippen LogP contribution in [0.4, 0.5) is 0 Å². The molecule has 0 aliphatic heterocycles. The van der Waals surface area contributed by atoms with E-state index in [1.165, 1.54) is 103 Å². The van der Waals surface area contributed by atoms with E-state index in [1.54, 1.807) is 0 Å². The Labute approximate surface area is 168 Å². The summed E-state index contributed by atoms with van der Waals surface area (Å²) in [6, 6.07) is 0. The summed E-state index contributed by atoms with van der Waals surface area (Å²) >= 11 is 0. The molecule has 0 saturated heterocycles. The molecule has 0 spiro atoms. The van der Waals surface area contributed by atoms with Crippen molar-refractivity contribution in [3.05, 3.63) is 0 Å². The molecule has 0 fully saturated rings. The van der Waals surface area contributed by atoms with Gasteiger partial charge in [-0.05, 0) is 23.7 Å². The Kier molecular flexibility index (Phi) is 18.4. The van der Waals surface area contributed by atoms with Gasteiger partial charge in [-0.15, -0.1) is 0 Å². The molecule has 26 heavy (non-hydrogen) atoms. The van der Waals surface area contributed by atoms with E-state index in [0.29, 0.717) is 0 Å². The molecule has 0 amide bonds. The molecule has 2 unspecified atom stereocenters. The lowest BCUT2D eigenvalue weighted by atomic mass is 9.86. The van der Waals surface area contributed by atoms with Crippen molar-refractivity contribution in [2.75, 3.05) is 0 Å². The van der Waals surface area contributed by atoms with Gasteiger partial charge >= 0.3 is 0 Å². The summed E-state index contributed by atoms with van der Waals surface area (Å²) in [6.45, 7) is 14.2. The van der Waals surface area contributed by atoms with Crippen molar-refractivity contribution in [2.45, 2.75) is 144 Å². The number of unbranched alkanes of at least 4 members (excludes halogenated alkanes) is 5. The lowest BCUT2D eigenvalue weighted by Crippen LogP contribution is -2.06. The molecule has 158 valence electrons. The Hall–Kier alpha value is 0. The third-order valence-corrected chi connectivity index (χ3v) is 6.21. The zero-order valence-corrected chi connectivity index (χ0v) is 19.6. The largest absolute Gasteiger partial charge is 0.0654 e. The molecule has 0 heterocycles. The van der Waals surface area contributed by atoms with Gasteiger partial charge in [-0.25, -0.2) is 0 Å². The first-order valence-corrected chi connectivity index (χ1v) is 12.5. The SMILES string of the molecule is CCCCCC(CCCCC(CCCCC)CCC(C)C)CCC(C)C. The highest BCUT2D eigenvalue weighted by Gasteiger charge is 2.12. The lowest BCUT2D eigenvalue weighted by Gasteiger charge is -2.20. The highest BCUT2D eigenvalue weighted by Crippen LogP contribution is 2.27. The van der Waals surface area contributed by atoms with Crippen LogP contribution in [-0.4, -0.2) is 0 Å². The van der Waals surface area contributed by atoms with Crippen LogP contribution in [0.5, 0.6) is 0 Å². The summed E-state index contributed by atoms with van der Waals surface area (Å²) in [7, 11) is 0. The van der Waals surface area contributed by atoms with Crippen LogP contribution in [-0.2, 0) is 0 Å². The van der Waals surface area contributed by atoms with E-state index in [4.69, 9.17) is 0 Å². The summed E-state index contributed by atoms with van der Waals surface area (Å²) in [5.41, 5.74) is 0. The molecule has 0 bridgehead atoms. The number of hydrogen-bond donors (Lipinski definition) is 0. The molecule has 0 heteroatoms. The molecule has 0 saturated carbocycles. The summed E-state index contributed by atoms with van der Waals surface area (Å²) in [6.07, 6.45) is 23.3. The molecule has 0 N–H and O–H groups in total. The fourth-order valence-corrected chi connectivity index (χ4v) is 4.24. The molecule has 0 radical (unpaired) electrons. The first-order chi connectivity index (χ1) is 12.5. The van der Waals surface area contributed by atoms with Gasteiger partial charge in [-0.1, -0.05) is 144 Å². The number of rotatable bonds is 19. The first kappa shape index (κ1) is 26.0. The van der Waals surface area contributed by atoms with Crippen molar-refractivity contribution in [2.24, 2.45) is 23.7 Å². The molecule has 0 aromatic rings. The van der Waals surface area contributed by atoms with E-state index in [0.717, 1.165) is 23.7 Å². The topological polar surface area (TPSA) is 0 Å². The van der Waals surface area contributed by atoms with E-state index in [2.05, 4.69) is 41.5 Å². The van der Waals surface area contributed by atoms with E-state index in [1.807, 2.05) is 0 Å². The van der Waals surface area contributed by atoms with Crippen LogP contribution in [0.3, 0.4) is 0 Å². The minimum Gasteiger partial charge on any atom is -0.0654 e. The smallest absolute Gasteiger partial charge is 0.0414 e. The van der Waals surface area contributed by atoms with Gasteiger partial charge in [0.05, 0.1) is 0 Å². The van der Waals surface area contributed by atoms with Crippen molar-refractivity contribution in [3.8, 4) is 0 Å². The molecule has 0 aliphatic carbocycles. The van der Waals surface area contributed by atoms with Crippen molar-refractivity contribution in [3.63, 3.8) is 0 Å². The predicted octanol–water partition coefficient (Wildman–Crippen LogP) is 9.81. The molecule has 0 nitrogen and oxygen atoms in total. The fourth-order valence-electron chi connectivity index (χ4n) is 4.24. The standard InChI is InChI=1S/C26H54/c1-7-9-11-15-25(21-19-23(3)4)17-13-14-18-26(16-12-10-8-2)22-20-24(5)6/h23-26H,7-22H2,1-6H3. The van der Waals surface area contributed by atoms with Crippen molar-refractivity contribution >= 4 is 0 Å². The second kappa shape index (κ2) is 18.4. The van der Waals surface area contributed by atoms with Gasteiger partial charge in [0.1, 0.15) is 0 Å². The molecular weight excluding hydrogens is 312 g/mol. The fraction of sp³-hybridized carbons (Fsp3) is 1.00. The van der Waals surface area contributed by atoms with Gasteiger partial charge in [0.15, 0.2) is 0 Å². The third-order valence-electron chi connectivity index (χ3n) is 6.21. The average Bonchev–Trinajstić information content (AvgIpc) is 2.59. The molecular formula is C26H54. The maximum Gasteiger partial charge on any atom is -0.0414 e. The minimum absolute atomic E-state index is 0.877. The van der Waals surface area contributed by atoms with Crippen LogP contribution in [0.25, 0.3) is 0 Å². The second-order valence-electron chi connectivity index (χ2n) is 9.95. The van der Waals surface area contributed by atoms with Crippen molar-refractivity contribution in [1.82, 2.24) is 0 Å². The highest BCUT2D eigenvalue weighted by atomic mass is 14.2. The maximum absolute atomic E-state index is 2.39. The number of hydrogen-bond acceptors (Lipinski definition) is 0. The molecule has 0 rings (SSSR count). The van der Waals surface area contributed by atoms with E-state index in [9.17, 15) is 0 Å². The van der Waals surface area contributed by atoms with Crippen LogP contribution in [0.15, 0.2) is 0 Å².